The molecule has 4 bridgehead atoms. The second-order valence-electron chi connectivity index (χ2n) is 12.0. The van der Waals surface area contributed by atoms with Gasteiger partial charge >= 0.3 is 7.12 Å². The highest BCUT2D eigenvalue weighted by atomic mass is 16.7. The van der Waals surface area contributed by atoms with Gasteiger partial charge < -0.3 is 9.31 Å². The molecular weight excluding hydrogens is 381 g/mol. The van der Waals surface area contributed by atoms with Gasteiger partial charge in [-0.25, -0.2) is 0 Å². The van der Waals surface area contributed by atoms with Crippen LogP contribution >= 0.6 is 0 Å². The van der Waals surface area contributed by atoms with E-state index in [1.807, 2.05) is 6.20 Å². The summed E-state index contributed by atoms with van der Waals surface area (Å²) in [6.07, 6.45) is 11.2. The van der Waals surface area contributed by atoms with Gasteiger partial charge in [-0.05, 0) is 112 Å². The normalized spacial score (nSPS) is 38.0. The van der Waals surface area contributed by atoms with E-state index in [0.717, 1.165) is 23.7 Å². The van der Waals surface area contributed by atoms with Crippen molar-refractivity contribution in [1.82, 2.24) is 4.98 Å². The first-order chi connectivity index (χ1) is 14.8. The molecular formula is C27H32BNO2. The third kappa shape index (κ3) is 2.26. The third-order valence-corrected chi connectivity index (χ3v) is 10.00. The van der Waals surface area contributed by atoms with Crippen molar-refractivity contribution >= 4 is 12.6 Å². The van der Waals surface area contributed by atoms with Gasteiger partial charge in [0.1, 0.15) is 0 Å². The molecule has 8 rings (SSSR count). The van der Waals surface area contributed by atoms with Crippen LogP contribution in [-0.2, 0) is 14.7 Å². The SMILES string of the molecule is CC1(C)OB(c2ccc3c(c2)C2(c4ccncc4-3)C3CC4CC(C3)CC2C4)OC1(C)C. The Morgan fingerprint density at radius 3 is 2.10 bits per heavy atom. The van der Waals surface area contributed by atoms with E-state index >= 15 is 0 Å². The molecule has 5 aliphatic carbocycles. The molecule has 0 amide bonds. The molecule has 4 heteroatoms. The highest BCUT2D eigenvalue weighted by Gasteiger charge is 2.62. The van der Waals surface area contributed by atoms with E-state index in [-0.39, 0.29) is 23.7 Å². The zero-order chi connectivity index (χ0) is 21.2. The number of fused-ring (bicyclic) bond motifs is 3. The molecule has 6 aliphatic rings. The summed E-state index contributed by atoms with van der Waals surface area (Å²) >= 11 is 0. The fourth-order valence-electron chi connectivity index (χ4n) is 8.19. The summed E-state index contributed by atoms with van der Waals surface area (Å²) in [5, 5.41) is 0. The van der Waals surface area contributed by atoms with Crippen LogP contribution in [0.5, 0.6) is 0 Å². The van der Waals surface area contributed by atoms with Crippen LogP contribution in [0.2, 0.25) is 0 Å². The van der Waals surface area contributed by atoms with Crippen molar-refractivity contribution in [2.24, 2.45) is 23.7 Å². The number of pyridine rings is 1. The third-order valence-electron chi connectivity index (χ3n) is 10.00. The molecule has 3 nitrogen and oxygen atoms in total. The Labute approximate surface area is 186 Å². The maximum absolute atomic E-state index is 6.45. The van der Waals surface area contributed by atoms with Crippen LogP contribution in [0.1, 0.15) is 70.9 Å². The zero-order valence-electron chi connectivity index (χ0n) is 19.2. The summed E-state index contributed by atoms with van der Waals surface area (Å²) in [5.41, 5.74) is 6.57. The van der Waals surface area contributed by atoms with Crippen LogP contribution in [0.25, 0.3) is 11.1 Å². The number of benzene rings is 1. The van der Waals surface area contributed by atoms with Gasteiger partial charge in [0.15, 0.2) is 0 Å². The molecule has 0 atom stereocenters. The molecule has 2 heterocycles. The van der Waals surface area contributed by atoms with E-state index in [0.29, 0.717) is 0 Å². The van der Waals surface area contributed by atoms with Gasteiger partial charge in [-0.1, -0.05) is 18.2 Å². The number of hydrogen-bond donors (Lipinski definition) is 0. The average Bonchev–Trinajstić information content (AvgIpc) is 3.13. The summed E-state index contributed by atoms with van der Waals surface area (Å²) in [5.74, 6) is 3.43. The molecule has 4 saturated carbocycles. The van der Waals surface area contributed by atoms with Gasteiger partial charge in [0.25, 0.3) is 0 Å². The van der Waals surface area contributed by atoms with Gasteiger partial charge in [-0.15, -0.1) is 0 Å². The van der Waals surface area contributed by atoms with Crippen molar-refractivity contribution in [1.29, 1.82) is 0 Å². The van der Waals surface area contributed by atoms with E-state index in [2.05, 4.69) is 63.1 Å². The standard InChI is InChI=1S/C27H32BNO2/c1-25(2)26(3,4)31-28(30-25)20-5-6-21-22-15-29-8-7-23(22)27(24(21)14-20)18-10-16-9-17(12-18)13-19(27)11-16/h5-8,14-19H,9-13H2,1-4H3. The molecule has 1 aliphatic heterocycles. The van der Waals surface area contributed by atoms with Gasteiger partial charge in [0.2, 0.25) is 0 Å². The maximum Gasteiger partial charge on any atom is 0.494 e. The zero-order valence-corrected chi connectivity index (χ0v) is 19.2. The van der Waals surface area contributed by atoms with E-state index in [9.17, 15) is 0 Å². The Bertz CT molecular complexity index is 1050. The second kappa shape index (κ2) is 5.82. The molecule has 0 N–H and O–H groups in total. The van der Waals surface area contributed by atoms with E-state index in [4.69, 9.17) is 9.31 Å². The molecule has 160 valence electrons. The minimum absolute atomic E-state index is 0.167. The lowest BCUT2D eigenvalue weighted by Crippen LogP contribution is -2.55. The Morgan fingerprint density at radius 1 is 0.806 bits per heavy atom. The predicted octanol–water partition coefficient (Wildman–Crippen LogP) is 5.10. The van der Waals surface area contributed by atoms with Gasteiger partial charge in [0.05, 0.1) is 11.2 Å². The van der Waals surface area contributed by atoms with Crippen LogP contribution in [0.3, 0.4) is 0 Å². The molecule has 5 fully saturated rings. The molecule has 31 heavy (non-hydrogen) atoms. The smallest absolute Gasteiger partial charge is 0.399 e. The number of aromatic nitrogens is 1. The van der Waals surface area contributed by atoms with Crippen molar-refractivity contribution in [3.63, 3.8) is 0 Å². The summed E-state index contributed by atoms with van der Waals surface area (Å²) in [6, 6.07) is 9.36. The lowest BCUT2D eigenvalue weighted by molar-refractivity contribution is -0.0399. The first-order valence-corrected chi connectivity index (χ1v) is 12.2. The molecule has 0 unspecified atom stereocenters. The monoisotopic (exact) mass is 413 g/mol. The summed E-state index contributed by atoms with van der Waals surface area (Å²) in [6.45, 7) is 8.56. The van der Waals surface area contributed by atoms with Crippen molar-refractivity contribution < 1.29 is 9.31 Å². The van der Waals surface area contributed by atoms with Crippen molar-refractivity contribution in [3.8, 4) is 11.1 Å². The molecule has 1 saturated heterocycles. The van der Waals surface area contributed by atoms with Crippen LogP contribution < -0.4 is 5.46 Å². The van der Waals surface area contributed by atoms with E-state index in [1.54, 1.807) is 5.56 Å². The van der Waals surface area contributed by atoms with Crippen molar-refractivity contribution in [3.05, 3.63) is 47.8 Å². The molecule has 1 spiro atoms. The van der Waals surface area contributed by atoms with Gasteiger partial charge in [0, 0.05) is 23.4 Å². The van der Waals surface area contributed by atoms with E-state index < -0.39 is 0 Å². The number of rotatable bonds is 1. The van der Waals surface area contributed by atoms with Crippen LogP contribution in [-0.4, -0.2) is 23.3 Å². The highest BCUT2D eigenvalue weighted by molar-refractivity contribution is 6.62. The predicted molar refractivity (Wildman–Crippen MR) is 123 cm³/mol. The van der Waals surface area contributed by atoms with Gasteiger partial charge in [-0.3, -0.25) is 4.98 Å². The van der Waals surface area contributed by atoms with Crippen molar-refractivity contribution in [2.75, 3.05) is 0 Å². The average molecular weight is 413 g/mol. The minimum atomic E-state index is -0.316. The van der Waals surface area contributed by atoms with Crippen LogP contribution in [0.15, 0.2) is 36.7 Å². The van der Waals surface area contributed by atoms with Crippen molar-refractivity contribution in [2.45, 2.75) is 76.4 Å². The fourth-order valence-corrected chi connectivity index (χ4v) is 8.19. The van der Waals surface area contributed by atoms with Crippen LogP contribution in [0.4, 0.5) is 0 Å². The fraction of sp³-hybridized carbons (Fsp3) is 0.593. The summed E-state index contributed by atoms with van der Waals surface area (Å²) < 4.78 is 12.9. The Balaban J connectivity index is 1.40. The largest absolute Gasteiger partial charge is 0.494 e. The number of nitrogens with zero attached hydrogens (tertiary/aromatic N) is 1. The first kappa shape index (κ1) is 18.9. The molecule has 1 aromatic carbocycles. The Kier molecular flexibility index (Phi) is 3.55. The second-order valence-corrected chi connectivity index (χ2v) is 12.0. The van der Waals surface area contributed by atoms with Crippen LogP contribution in [0, 0.1) is 23.7 Å². The molecule has 2 aromatic rings. The summed E-state index contributed by atoms with van der Waals surface area (Å²) in [7, 11) is -0.300. The molecule has 0 radical (unpaired) electrons. The highest BCUT2D eigenvalue weighted by Crippen LogP contribution is 2.69. The van der Waals surface area contributed by atoms with Gasteiger partial charge in [-0.2, -0.15) is 0 Å². The lowest BCUT2D eigenvalue weighted by Gasteiger charge is -2.61. The number of hydrogen-bond acceptors (Lipinski definition) is 3. The molecule has 1 aromatic heterocycles. The van der Waals surface area contributed by atoms with E-state index in [1.165, 1.54) is 54.3 Å². The lowest BCUT2D eigenvalue weighted by atomic mass is 9.43. The Hall–Kier alpha value is -1.65. The minimum Gasteiger partial charge on any atom is -0.399 e. The Morgan fingerprint density at radius 2 is 1.45 bits per heavy atom. The first-order valence-electron chi connectivity index (χ1n) is 12.2. The maximum atomic E-state index is 6.45. The topological polar surface area (TPSA) is 31.4 Å². The quantitative estimate of drug-likeness (QED) is 0.610. The summed E-state index contributed by atoms with van der Waals surface area (Å²) in [4.78, 5) is 4.54.